The van der Waals surface area contributed by atoms with Gasteiger partial charge in [-0.15, -0.1) is 0 Å². The van der Waals surface area contributed by atoms with Crippen molar-refractivity contribution in [1.82, 2.24) is 4.90 Å². The molecule has 1 atom stereocenters. The SMILES string of the molecule is COC1CCN1C(=O)O. The van der Waals surface area contributed by atoms with Crippen LogP contribution in [0.5, 0.6) is 0 Å². The highest BCUT2D eigenvalue weighted by Crippen LogP contribution is 2.16. The van der Waals surface area contributed by atoms with Gasteiger partial charge in [0.25, 0.3) is 0 Å². The van der Waals surface area contributed by atoms with E-state index in [4.69, 9.17) is 9.84 Å². The van der Waals surface area contributed by atoms with E-state index in [1.54, 1.807) is 0 Å². The van der Waals surface area contributed by atoms with E-state index >= 15 is 0 Å². The Hall–Kier alpha value is -0.770. The Labute approximate surface area is 53.0 Å². The summed E-state index contributed by atoms with van der Waals surface area (Å²) in [4.78, 5) is 11.5. The molecule has 0 aliphatic carbocycles. The Balaban J connectivity index is 2.35. The fraction of sp³-hybridized carbons (Fsp3) is 0.800. The van der Waals surface area contributed by atoms with Crippen molar-refractivity contribution >= 4 is 6.09 Å². The highest BCUT2D eigenvalue weighted by molar-refractivity contribution is 5.66. The number of nitrogens with zero attached hydrogens (tertiary/aromatic N) is 1. The summed E-state index contributed by atoms with van der Waals surface area (Å²) in [6.07, 6.45) is -0.265. The molecule has 0 aromatic rings. The predicted octanol–water partition coefficient (Wildman–Crippen LogP) is 0.343. The van der Waals surface area contributed by atoms with Gasteiger partial charge in [0.15, 0.2) is 0 Å². The van der Waals surface area contributed by atoms with Gasteiger partial charge in [0.05, 0.1) is 0 Å². The van der Waals surface area contributed by atoms with Crippen molar-refractivity contribution < 1.29 is 14.6 Å². The van der Waals surface area contributed by atoms with Crippen molar-refractivity contribution in [2.45, 2.75) is 12.6 Å². The van der Waals surface area contributed by atoms with Crippen LogP contribution in [0.4, 0.5) is 4.79 Å². The normalized spacial score (nSPS) is 25.4. The van der Waals surface area contributed by atoms with Crippen LogP contribution < -0.4 is 0 Å². The summed E-state index contributed by atoms with van der Waals surface area (Å²) >= 11 is 0. The largest absolute Gasteiger partial charge is 0.465 e. The van der Waals surface area contributed by atoms with Crippen molar-refractivity contribution in [2.24, 2.45) is 0 Å². The Bertz CT molecular complexity index is 123. The first-order valence-corrected chi connectivity index (χ1v) is 2.78. The molecule has 1 fully saturated rings. The molecular weight excluding hydrogens is 122 g/mol. The zero-order chi connectivity index (χ0) is 6.85. The molecule has 0 bridgehead atoms. The molecular formula is C5H9NO3. The van der Waals surface area contributed by atoms with Crippen molar-refractivity contribution in [3.8, 4) is 0 Å². The highest BCUT2D eigenvalue weighted by atomic mass is 16.5. The van der Waals surface area contributed by atoms with Gasteiger partial charge in [0.2, 0.25) is 0 Å². The van der Waals surface area contributed by atoms with Crippen LogP contribution in [0.25, 0.3) is 0 Å². The molecule has 0 aromatic carbocycles. The van der Waals surface area contributed by atoms with E-state index in [-0.39, 0.29) is 6.23 Å². The molecule has 1 unspecified atom stereocenters. The summed E-state index contributed by atoms with van der Waals surface area (Å²) in [5.41, 5.74) is 0. The second-order valence-corrected chi connectivity index (χ2v) is 1.95. The highest BCUT2D eigenvalue weighted by Gasteiger charge is 2.31. The zero-order valence-corrected chi connectivity index (χ0v) is 5.20. The molecule has 1 heterocycles. The number of ether oxygens (including phenoxy) is 1. The van der Waals surface area contributed by atoms with Gasteiger partial charge in [-0.25, -0.2) is 4.79 Å². The molecule has 52 valence electrons. The fourth-order valence-electron chi connectivity index (χ4n) is 0.828. The van der Waals surface area contributed by atoms with Gasteiger partial charge in [-0.2, -0.15) is 0 Å². The third-order valence-electron chi connectivity index (χ3n) is 1.48. The standard InChI is InChI=1S/C5H9NO3/c1-9-4-2-3-6(4)5(7)8/h4H,2-3H2,1H3,(H,7,8). The van der Waals surface area contributed by atoms with Gasteiger partial charge in [-0.1, -0.05) is 0 Å². The quantitative estimate of drug-likeness (QED) is 0.558. The van der Waals surface area contributed by atoms with E-state index in [1.165, 1.54) is 12.0 Å². The molecule has 1 rings (SSSR count). The summed E-state index contributed by atoms with van der Waals surface area (Å²) in [5, 5.41) is 8.38. The van der Waals surface area contributed by atoms with E-state index in [0.717, 1.165) is 6.42 Å². The van der Waals surface area contributed by atoms with Crippen molar-refractivity contribution in [3.63, 3.8) is 0 Å². The third-order valence-corrected chi connectivity index (χ3v) is 1.48. The minimum Gasteiger partial charge on any atom is -0.465 e. The number of hydrogen-bond donors (Lipinski definition) is 1. The third kappa shape index (κ3) is 0.977. The van der Waals surface area contributed by atoms with Crippen LogP contribution in [-0.4, -0.2) is 36.0 Å². The first-order chi connectivity index (χ1) is 4.25. The lowest BCUT2D eigenvalue weighted by molar-refractivity contribution is -0.0824. The molecule has 0 aromatic heterocycles. The van der Waals surface area contributed by atoms with Crippen LogP contribution in [0.2, 0.25) is 0 Å². The minimum absolute atomic E-state index is 0.192. The monoisotopic (exact) mass is 131 g/mol. The smallest absolute Gasteiger partial charge is 0.409 e. The van der Waals surface area contributed by atoms with Crippen molar-refractivity contribution in [3.05, 3.63) is 0 Å². The van der Waals surface area contributed by atoms with Crippen LogP contribution in [0, 0.1) is 0 Å². The summed E-state index contributed by atoms with van der Waals surface area (Å²) < 4.78 is 4.81. The maximum atomic E-state index is 10.2. The van der Waals surface area contributed by atoms with E-state index in [0.29, 0.717) is 6.54 Å². The summed E-state index contributed by atoms with van der Waals surface area (Å²) in [6, 6.07) is 0. The van der Waals surface area contributed by atoms with E-state index < -0.39 is 6.09 Å². The van der Waals surface area contributed by atoms with Gasteiger partial charge in [-0.05, 0) is 0 Å². The van der Waals surface area contributed by atoms with Crippen LogP contribution in [0.3, 0.4) is 0 Å². The van der Waals surface area contributed by atoms with Crippen LogP contribution in [0.1, 0.15) is 6.42 Å². The second kappa shape index (κ2) is 2.23. The van der Waals surface area contributed by atoms with E-state index in [2.05, 4.69) is 0 Å². The lowest BCUT2D eigenvalue weighted by Gasteiger charge is -2.36. The Morgan fingerprint density at radius 1 is 1.89 bits per heavy atom. The Morgan fingerprint density at radius 2 is 2.56 bits per heavy atom. The minimum atomic E-state index is -0.895. The number of carboxylic acid groups (broad SMARTS) is 1. The molecule has 1 N–H and O–H groups in total. The number of carbonyl (C=O) groups is 1. The van der Waals surface area contributed by atoms with Gasteiger partial charge >= 0.3 is 6.09 Å². The number of amides is 1. The van der Waals surface area contributed by atoms with Gasteiger partial charge in [0.1, 0.15) is 6.23 Å². The van der Waals surface area contributed by atoms with Gasteiger partial charge < -0.3 is 9.84 Å². The number of methoxy groups -OCH3 is 1. The van der Waals surface area contributed by atoms with Crippen LogP contribution in [-0.2, 0) is 4.74 Å². The molecule has 0 saturated carbocycles. The maximum absolute atomic E-state index is 10.2. The molecule has 9 heavy (non-hydrogen) atoms. The average Bonchev–Trinajstić information content (AvgIpc) is 1.61. The second-order valence-electron chi connectivity index (χ2n) is 1.95. The molecule has 1 amide bonds. The molecule has 1 saturated heterocycles. The lowest BCUT2D eigenvalue weighted by Crippen LogP contribution is -2.51. The van der Waals surface area contributed by atoms with Gasteiger partial charge in [-0.3, -0.25) is 4.90 Å². The summed E-state index contributed by atoms with van der Waals surface area (Å²) in [5.74, 6) is 0. The molecule has 0 radical (unpaired) electrons. The Kier molecular flexibility index (Phi) is 1.57. The van der Waals surface area contributed by atoms with Gasteiger partial charge in [0, 0.05) is 20.1 Å². The van der Waals surface area contributed by atoms with Crippen LogP contribution in [0.15, 0.2) is 0 Å². The first kappa shape index (κ1) is 6.35. The van der Waals surface area contributed by atoms with E-state index in [1.807, 2.05) is 0 Å². The number of rotatable bonds is 1. The summed E-state index contributed by atoms with van der Waals surface area (Å²) in [6.45, 7) is 0.605. The fourth-order valence-corrected chi connectivity index (χ4v) is 0.828. The average molecular weight is 131 g/mol. The molecule has 1 aliphatic heterocycles. The maximum Gasteiger partial charge on any atom is 0.409 e. The summed E-state index contributed by atoms with van der Waals surface area (Å²) in [7, 11) is 1.51. The number of likely N-dealkylation sites (tertiary alicyclic amines) is 1. The predicted molar refractivity (Wildman–Crippen MR) is 30.1 cm³/mol. The van der Waals surface area contributed by atoms with Crippen LogP contribution >= 0.6 is 0 Å². The molecule has 4 heteroatoms. The lowest BCUT2D eigenvalue weighted by atomic mass is 10.2. The number of hydrogen-bond acceptors (Lipinski definition) is 2. The Morgan fingerprint density at radius 3 is 2.67 bits per heavy atom. The van der Waals surface area contributed by atoms with E-state index in [9.17, 15) is 4.79 Å². The molecule has 4 nitrogen and oxygen atoms in total. The first-order valence-electron chi connectivity index (χ1n) is 2.78. The zero-order valence-electron chi connectivity index (χ0n) is 5.20. The topological polar surface area (TPSA) is 49.8 Å². The van der Waals surface area contributed by atoms with Crippen molar-refractivity contribution in [1.29, 1.82) is 0 Å². The van der Waals surface area contributed by atoms with Crippen molar-refractivity contribution in [2.75, 3.05) is 13.7 Å². The molecule has 1 aliphatic rings. The molecule has 0 spiro atoms.